The fourth-order valence-electron chi connectivity index (χ4n) is 12.7. The molecule has 2 aromatic carbocycles. The second kappa shape index (κ2) is 44.0. The molecule has 0 saturated carbocycles. The number of aromatic nitrogens is 1. The Labute approximate surface area is 619 Å². The number of thiazole rings is 1. The van der Waals surface area contributed by atoms with Crippen molar-refractivity contribution in [2.75, 3.05) is 71.5 Å². The Morgan fingerprint density at radius 2 is 1.49 bits per heavy atom. The lowest BCUT2D eigenvalue weighted by molar-refractivity contribution is -0.143. The lowest BCUT2D eigenvalue weighted by Crippen LogP contribution is -2.58. The molecule has 105 heavy (non-hydrogen) atoms. The number of fused-ring (bicyclic) bond motifs is 1. The molecule has 6 rings (SSSR count). The largest absolute Gasteiger partial charge is 0.446 e. The average molecular weight is 1480 g/mol. The van der Waals surface area contributed by atoms with E-state index >= 15 is 0 Å². The van der Waals surface area contributed by atoms with Gasteiger partial charge in [-0.1, -0.05) is 111 Å². The Kier molecular flexibility index (Phi) is 35.6. The summed E-state index contributed by atoms with van der Waals surface area (Å²) in [5, 5.41) is 21.9. The summed E-state index contributed by atoms with van der Waals surface area (Å²) < 4.78 is 22.5. The summed E-state index contributed by atoms with van der Waals surface area (Å²) in [6, 6.07) is 9.24. The summed E-state index contributed by atoms with van der Waals surface area (Å²) in [6.07, 6.45) is 8.14. The standard InChI is InChI=1S/C74H110N14O16S/c1-10-34-87(71(97)64(48(8)12-3)83-68(95)57-24-17-19-35-86(57)9)58(46(4)5)43-59(102-37-11-2)70-81-56(45-105-70)67(94)79-52-41-50-21-15-16-22-53(50)54(42-52)65(92)84-85-74(100)103-40-39-101-38-33-77-73(99)104-44-49-26-28-51(29-27-49)78-66(93)55(23-20-32-76-72(75)98)80-69(96)63(47(6)7)82-60(89)25-14-13-18-36-88-61(90)30-31-62(88)91/h15-16,21-22,26-31,45-48,52,54-55,57-59,63-64H,10-14,17-20,23-25,32-44H2,1-9H3,(H,77,99)(H,78,93)(H,79,94)(H,80,96)(H,82,89)(H,83,95)(H,84,92)(H,85,100)(H3,75,76,98)/t48-,52-,54+,55-,57+,58+,59+,63?,64-/m0/s1. The molecule has 3 aliphatic rings. The maximum absolute atomic E-state index is 14.8. The first-order valence-corrected chi connectivity index (χ1v) is 37.7. The number of hydrogen-bond donors (Lipinski definition) is 10. The number of benzene rings is 2. The summed E-state index contributed by atoms with van der Waals surface area (Å²) in [7, 11) is 1.96. The number of nitrogens with zero attached hydrogens (tertiary/aromatic N) is 4. The second-order valence-corrected chi connectivity index (χ2v) is 28.4. The topological polar surface area (TPSA) is 399 Å². The highest BCUT2D eigenvalue weighted by Crippen LogP contribution is 2.34. The van der Waals surface area contributed by atoms with Crippen LogP contribution in [-0.2, 0) is 70.3 Å². The van der Waals surface area contributed by atoms with Crippen LogP contribution >= 0.6 is 11.3 Å². The van der Waals surface area contributed by atoms with Crippen LogP contribution in [0.25, 0.3) is 0 Å². The number of urea groups is 1. The van der Waals surface area contributed by atoms with Crippen molar-refractivity contribution in [1.29, 1.82) is 0 Å². The number of hydrazine groups is 1. The molecule has 3 heterocycles. The molecule has 578 valence electrons. The number of primary amides is 1. The third kappa shape index (κ3) is 27.4. The van der Waals surface area contributed by atoms with Crippen LogP contribution in [0.4, 0.5) is 20.1 Å². The van der Waals surface area contributed by atoms with Crippen molar-refractivity contribution in [1.82, 2.24) is 62.4 Å². The molecule has 9 atom stereocenters. The number of anilines is 1. The van der Waals surface area contributed by atoms with Gasteiger partial charge >= 0.3 is 18.2 Å². The van der Waals surface area contributed by atoms with E-state index in [0.29, 0.717) is 74.4 Å². The third-order valence-electron chi connectivity index (χ3n) is 18.8. The van der Waals surface area contributed by atoms with Gasteiger partial charge in [0.25, 0.3) is 17.7 Å². The van der Waals surface area contributed by atoms with Crippen molar-refractivity contribution in [3.63, 3.8) is 0 Å². The second-order valence-electron chi connectivity index (χ2n) is 27.5. The predicted molar refractivity (Wildman–Crippen MR) is 393 cm³/mol. The van der Waals surface area contributed by atoms with Gasteiger partial charge < -0.3 is 66.8 Å². The first-order valence-electron chi connectivity index (χ1n) is 36.9. The number of likely N-dealkylation sites (tertiary alicyclic amines) is 1. The molecule has 1 saturated heterocycles. The molecule has 2 aliphatic heterocycles. The molecule has 1 aromatic heterocycles. The van der Waals surface area contributed by atoms with Gasteiger partial charge in [-0.3, -0.25) is 58.4 Å². The number of rotatable bonds is 42. The van der Waals surface area contributed by atoms with Crippen LogP contribution in [-0.4, -0.2) is 194 Å². The summed E-state index contributed by atoms with van der Waals surface area (Å²) >= 11 is 1.31. The van der Waals surface area contributed by atoms with Crippen molar-refractivity contribution in [2.45, 2.75) is 207 Å². The van der Waals surface area contributed by atoms with Crippen LogP contribution in [0.5, 0.6) is 0 Å². The minimum absolute atomic E-state index is 0.00862. The lowest BCUT2D eigenvalue weighted by Gasteiger charge is -2.40. The fourth-order valence-corrected chi connectivity index (χ4v) is 13.6. The van der Waals surface area contributed by atoms with E-state index in [-0.39, 0.29) is 137 Å². The molecule has 1 unspecified atom stereocenters. The Balaban J connectivity index is 0.905. The number of carbonyl (C=O) groups excluding carboxylic acids is 12. The maximum atomic E-state index is 14.8. The quantitative estimate of drug-likeness (QED) is 0.0169. The van der Waals surface area contributed by atoms with Crippen molar-refractivity contribution in [2.24, 2.45) is 23.5 Å². The van der Waals surface area contributed by atoms with E-state index in [1.54, 1.807) is 43.5 Å². The summed E-state index contributed by atoms with van der Waals surface area (Å²) in [4.78, 5) is 167. The van der Waals surface area contributed by atoms with Gasteiger partial charge in [-0.15, -0.1) is 11.3 Å². The molecule has 0 bridgehead atoms. The van der Waals surface area contributed by atoms with Crippen LogP contribution in [0.3, 0.4) is 0 Å². The highest BCUT2D eigenvalue weighted by atomic mass is 32.1. The number of hydrogen-bond acceptors (Lipinski definition) is 19. The van der Waals surface area contributed by atoms with E-state index < -0.39 is 78.0 Å². The Morgan fingerprint density at radius 3 is 2.17 bits per heavy atom. The predicted octanol–water partition coefficient (Wildman–Crippen LogP) is 6.31. The van der Waals surface area contributed by atoms with Gasteiger partial charge in [0.05, 0.1) is 25.2 Å². The molecule has 0 radical (unpaired) electrons. The zero-order valence-electron chi connectivity index (χ0n) is 62.2. The highest BCUT2D eigenvalue weighted by molar-refractivity contribution is 7.09. The van der Waals surface area contributed by atoms with Gasteiger partial charge in [0.15, 0.2) is 0 Å². The Morgan fingerprint density at radius 1 is 0.743 bits per heavy atom. The Bertz CT molecular complexity index is 3410. The molecule has 31 heteroatoms. The van der Waals surface area contributed by atoms with Crippen molar-refractivity contribution >= 4 is 88.4 Å². The molecular formula is C74H110N14O16S. The van der Waals surface area contributed by atoms with Gasteiger partial charge in [0.1, 0.15) is 48.1 Å². The van der Waals surface area contributed by atoms with E-state index in [2.05, 4.69) is 66.8 Å². The average Bonchev–Trinajstić information content (AvgIpc) is 1.47. The number of ether oxygens (including phenoxy) is 4. The number of carbonyl (C=O) groups is 12. The van der Waals surface area contributed by atoms with Crippen LogP contribution in [0.1, 0.15) is 189 Å². The minimum atomic E-state index is -1.09. The van der Waals surface area contributed by atoms with E-state index in [1.165, 1.54) is 23.5 Å². The minimum Gasteiger partial charge on any atom is -0.446 e. The molecule has 13 amide bonds. The van der Waals surface area contributed by atoms with Crippen LogP contribution in [0, 0.1) is 17.8 Å². The smallest absolute Gasteiger partial charge is 0.426 e. The summed E-state index contributed by atoms with van der Waals surface area (Å²) in [6.45, 7) is 17.6. The molecule has 0 spiro atoms. The number of imide groups is 1. The molecular weight excluding hydrogens is 1370 g/mol. The number of unbranched alkanes of at least 4 members (excludes halogenated alkanes) is 2. The lowest BCUT2D eigenvalue weighted by atomic mass is 9.79. The van der Waals surface area contributed by atoms with Crippen molar-refractivity contribution in [3.8, 4) is 0 Å². The SMILES string of the molecule is CCCO[C@H](C[C@H](C(C)C)N(CCC)C(=O)[C@@H](NC(=O)[C@H]1CCCCN1C)[C@@H](C)CC)c1nc(C(=O)N[C@H]2Cc3ccccc3[C@H](C(=O)NNC(=O)OCCOCCNC(=O)OCc3ccc(NC(=O)[C@H](CCCNC(N)=O)NC(=O)C(NC(=O)CCCCCN4C(=O)C=CC4=O)C(C)C)cc3)C2)cs1. The van der Waals surface area contributed by atoms with E-state index in [0.717, 1.165) is 48.3 Å². The van der Waals surface area contributed by atoms with Crippen LogP contribution < -0.4 is 53.8 Å². The normalized spacial score (nSPS) is 17.4. The number of nitrogens with two attached hydrogens (primary N) is 1. The van der Waals surface area contributed by atoms with Crippen molar-refractivity contribution < 1.29 is 76.5 Å². The number of piperidine rings is 1. The van der Waals surface area contributed by atoms with E-state index in [1.807, 2.05) is 63.9 Å². The van der Waals surface area contributed by atoms with Gasteiger partial charge in [0.2, 0.25) is 35.4 Å². The molecule has 1 fully saturated rings. The van der Waals surface area contributed by atoms with Gasteiger partial charge in [-0.25, -0.2) is 24.8 Å². The van der Waals surface area contributed by atoms with Crippen LogP contribution in [0.15, 0.2) is 66.1 Å². The number of likely N-dealkylation sites (N-methyl/N-ethyl adjacent to an activating group) is 1. The van der Waals surface area contributed by atoms with Gasteiger partial charge in [-0.05, 0) is 124 Å². The summed E-state index contributed by atoms with van der Waals surface area (Å²) in [5.41, 5.74) is 12.7. The molecule has 3 aromatic rings. The Hall–Kier alpha value is -9.07. The van der Waals surface area contributed by atoms with E-state index in [9.17, 15) is 57.5 Å². The zero-order valence-corrected chi connectivity index (χ0v) is 63.0. The number of amides is 13. The van der Waals surface area contributed by atoms with Gasteiger partial charge in [0, 0.05) is 80.9 Å². The maximum Gasteiger partial charge on any atom is 0.426 e. The third-order valence-corrected chi connectivity index (χ3v) is 19.7. The number of nitrogens with one attached hydrogen (secondary N) is 9. The van der Waals surface area contributed by atoms with Gasteiger partial charge in [-0.2, -0.15) is 0 Å². The number of alkyl carbamates (subject to hydrolysis) is 1. The van der Waals surface area contributed by atoms with Crippen LogP contribution in [0.2, 0.25) is 0 Å². The monoisotopic (exact) mass is 1480 g/mol. The summed E-state index contributed by atoms with van der Waals surface area (Å²) in [5.74, 6) is -4.70. The first kappa shape index (κ1) is 84.9. The zero-order chi connectivity index (χ0) is 76.5. The molecule has 11 N–H and O–H groups in total. The molecule has 30 nitrogen and oxygen atoms in total. The highest BCUT2D eigenvalue weighted by Gasteiger charge is 2.40. The fraction of sp³-hybridized carbons (Fsp3) is 0.608. The first-order chi connectivity index (χ1) is 50.3. The van der Waals surface area contributed by atoms with Crippen molar-refractivity contribution in [3.05, 3.63) is 93.5 Å². The molecule has 1 aliphatic carbocycles. The van der Waals surface area contributed by atoms with E-state index in [4.69, 9.17) is 29.7 Å².